The van der Waals surface area contributed by atoms with Crippen LogP contribution in [0.15, 0.2) is 83.8 Å². The number of para-hydroxylation sites is 1. The van der Waals surface area contributed by atoms with E-state index in [1.54, 1.807) is 55.6 Å². The number of carbonyl (C=O) groups is 1. The van der Waals surface area contributed by atoms with E-state index in [2.05, 4.69) is 5.32 Å². The van der Waals surface area contributed by atoms with Gasteiger partial charge in [-0.05, 0) is 48.9 Å². The summed E-state index contributed by atoms with van der Waals surface area (Å²) in [6.45, 7) is 2.30. The summed E-state index contributed by atoms with van der Waals surface area (Å²) in [5, 5.41) is 2.84. The summed E-state index contributed by atoms with van der Waals surface area (Å²) < 4.78 is 33.0. The number of hydrogen-bond acceptors (Lipinski definition) is 4. The zero-order valence-electron chi connectivity index (χ0n) is 17.6. The number of amides is 1. The highest BCUT2D eigenvalue weighted by Crippen LogP contribution is 2.24. The lowest BCUT2D eigenvalue weighted by atomic mass is 10.2. The molecule has 0 aliphatic carbocycles. The highest BCUT2D eigenvalue weighted by Gasteiger charge is 2.25. The second-order valence-electron chi connectivity index (χ2n) is 7.10. The van der Waals surface area contributed by atoms with Gasteiger partial charge >= 0.3 is 0 Å². The summed E-state index contributed by atoms with van der Waals surface area (Å²) in [5.74, 6) is 0.519. The first-order valence-corrected chi connectivity index (χ1v) is 11.4. The van der Waals surface area contributed by atoms with Crippen molar-refractivity contribution in [2.45, 2.75) is 24.8 Å². The van der Waals surface area contributed by atoms with Crippen molar-refractivity contribution in [1.82, 2.24) is 5.32 Å². The first kappa shape index (κ1) is 22.4. The largest absolute Gasteiger partial charge is 0.497 e. The number of rotatable bonds is 9. The molecule has 0 aromatic heterocycles. The Morgan fingerprint density at radius 3 is 2.19 bits per heavy atom. The summed E-state index contributed by atoms with van der Waals surface area (Å²) in [6, 6.07) is 22.9. The van der Waals surface area contributed by atoms with E-state index in [0.29, 0.717) is 12.2 Å². The maximum absolute atomic E-state index is 13.3. The number of methoxy groups -OCH3 is 1. The molecule has 1 amide bonds. The van der Waals surface area contributed by atoms with Crippen molar-refractivity contribution in [3.05, 3.63) is 90.0 Å². The van der Waals surface area contributed by atoms with Crippen LogP contribution in [-0.4, -0.2) is 28.0 Å². The summed E-state index contributed by atoms with van der Waals surface area (Å²) in [4.78, 5) is 12.6. The molecule has 3 rings (SSSR count). The van der Waals surface area contributed by atoms with E-state index in [1.807, 2.05) is 37.3 Å². The molecule has 0 radical (unpaired) electrons. The fourth-order valence-electron chi connectivity index (χ4n) is 3.06. The van der Waals surface area contributed by atoms with Crippen LogP contribution in [0.1, 0.15) is 17.5 Å². The Morgan fingerprint density at radius 1 is 0.935 bits per heavy atom. The Balaban J connectivity index is 1.70. The van der Waals surface area contributed by atoms with Gasteiger partial charge in [0.15, 0.2) is 0 Å². The number of hydrogen-bond donors (Lipinski definition) is 1. The van der Waals surface area contributed by atoms with Crippen LogP contribution in [0.5, 0.6) is 5.75 Å². The molecule has 0 atom stereocenters. The van der Waals surface area contributed by atoms with Gasteiger partial charge in [-0.3, -0.25) is 9.10 Å². The molecule has 6 nitrogen and oxygen atoms in total. The lowest BCUT2D eigenvalue weighted by Gasteiger charge is -2.24. The number of aryl methyl sites for hydroxylation is 1. The van der Waals surface area contributed by atoms with Gasteiger partial charge in [0.05, 0.1) is 17.7 Å². The van der Waals surface area contributed by atoms with Crippen molar-refractivity contribution in [3.63, 3.8) is 0 Å². The Morgan fingerprint density at radius 2 is 1.58 bits per heavy atom. The van der Waals surface area contributed by atoms with E-state index in [0.717, 1.165) is 16.9 Å². The molecule has 0 bridgehead atoms. The monoisotopic (exact) mass is 438 g/mol. The zero-order valence-corrected chi connectivity index (χ0v) is 18.4. The van der Waals surface area contributed by atoms with Crippen LogP contribution in [0.4, 0.5) is 5.69 Å². The molecule has 0 aliphatic heterocycles. The lowest BCUT2D eigenvalue weighted by Crippen LogP contribution is -2.35. The maximum atomic E-state index is 13.3. The molecule has 7 heteroatoms. The summed E-state index contributed by atoms with van der Waals surface area (Å²) in [7, 11) is -2.20. The van der Waals surface area contributed by atoms with Crippen molar-refractivity contribution in [2.75, 3.05) is 18.0 Å². The number of anilines is 1. The number of benzene rings is 3. The molecule has 0 spiro atoms. The van der Waals surface area contributed by atoms with E-state index in [4.69, 9.17) is 4.74 Å². The number of nitrogens with one attached hydrogen (secondary N) is 1. The van der Waals surface area contributed by atoms with Crippen molar-refractivity contribution in [2.24, 2.45) is 0 Å². The molecular formula is C24H26N2O4S. The molecule has 0 saturated heterocycles. The van der Waals surface area contributed by atoms with Crippen LogP contribution in [0.3, 0.4) is 0 Å². The van der Waals surface area contributed by atoms with Gasteiger partial charge < -0.3 is 10.1 Å². The molecule has 0 saturated carbocycles. The lowest BCUT2D eigenvalue weighted by molar-refractivity contribution is -0.121. The molecule has 0 heterocycles. The molecule has 0 unspecified atom stereocenters. The van der Waals surface area contributed by atoms with Crippen molar-refractivity contribution in [1.29, 1.82) is 0 Å². The molecule has 0 aliphatic rings. The Labute approximate surface area is 183 Å². The van der Waals surface area contributed by atoms with Gasteiger partial charge in [0.25, 0.3) is 10.0 Å². The number of carbonyl (C=O) groups excluding carboxylic acids is 1. The zero-order chi connectivity index (χ0) is 22.3. The molecule has 31 heavy (non-hydrogen) atoms. The second kappa shape index (κ2) is 10.1. The van der Waals surface area contributed by atoms with Crippen LogP contribution < -0.4 is 14.4 Å². The van der Waals surface area contributed by atoms with Crippen molar-refractivity contribution in [3.8, 4) is 5.75 Å². The molecule has 3 aromatic carbocycles. The Hall–Kier alpha value is -3.32. The van der Waals surface area contributed by atoms with E-state index in [-0.39, 0.29) is 23.8 Å². The van der Waals surface area contributed by atoms with E-state index in [1.165, 1.54) is 4.31 Å². The summed E-state index contributed by atoms with van der Waals surface area (Å²) in [5.41, 5.74) is 2.43. The number of nitrogens with zero attached hydrogens (tertiary/aromatic N) is 1. The van der Waals surface area contributed by atoms with Crippen LogP contribution in [0, 0.1) is 6.92 Å². The van der Waals surface area contributed by atoms with Gasteiger partial charge in [0.1, 0.15) is 5.75 Å². The van der Waals surface area contributed by atoms with E-state index < -0.39 is 10.0 Å². The Bertz CT molecular complexity index is 1100. The quantitative estimate of drug-likeness (QED) is 0.550. The predicted octanol–water partition coefficient (Wildman–Crippen LogP) is 3.91. The number of ether oxygens (including phenoxy) is 1. The smallest absolute Gasteiger partial charge is 0.264 e. The van der Waals surface area contributed by atoms with Crippen LogP contribution >= 0.6 is 0 Å². The molecule has 1 N–H and O–H groups in total. The topological polar surface area (TPSA) is 75.7 Å². The minimum Gasteiger partial charge on any atom is -0.497 e. The molecule has 3 aromatic rings. The van der Waals surface area contributed by atoms with Gasteiger partial charge in [-0.15, -0.1) is 0 Å². The van der Waals surface area contributed by atoms with Crippen molar-refractivity contribution >= 4 is 21.6 Å². The van der Waals surface area contributed by atoms with Gasteiger partial charge in [-0.25, -0.2) is 8.42 Å². The Kier molecular flexibility index (Phi) is 7.31. The first-order valence-electron chi connectivity index (χ1n) is 9.94. The predicted molar refractivity (Wildman–Crippen MR) is 122 cm³/mol. The minimum absolute atomic E-state index is 0.0364. The number of sulfonamides is 1. The average Bonchev–Trinajstić information content (AvgIpc) is 2.79. The highest BCUT2D eigenvalue weighted by molar-refractivity contribution is 7.92. The van der Waals surface area contributed by atoms with Crippen LogP contribution in [0.2, 0.25) is 0 Å². The normalized spacial score (nSPS) is 11.0. The third-order valence-corrected chi connectivity index (χ3v) is 6.69. The van der Waals surface area contributed by atoms with Crippen molar-refractivity contribution < 1.29 is 17.9 Å². The third kappa shape index (κ3) is 5.86. The highest BCUT2D eigenvalue weighted by atomic mass is 32.2. The maximum Gasteiger partial charge on any atom is 0.264 e. The standard InChI is InChI=1S/C24H26N2O4S/c1-19-8-14-23(15-9-19)31(28,29)26(21-6-4-3-5-7-21)17-16-24(27)25-18-20-10-12-22(30-2)13-11-20/h3-15H,16-18H2,1-2H3,(H,25,27). The minimum atomic E-state index is -3.80. The average molecular weight is 439 g/mol. The van der Waals surface area contributed by atoms with Gasteiger partial charge in [0.2, 0.25) is 5.91 Å². The van der Waals surface area contributed by atoms with E-state index in [9.17, 15) is 13.2 Å². The van der Waals surface area contributed by atoms with Gasteiger partial charge in [0, 0.05) is 19.5 Å². The van der Waals surface area contributed by atoms with Crippen LogP contribution in [-0.2, 0) is 21.4 Å². The fraction of sp³-hybridized carbons (Fsp3) is 0.208. The van der Waals surface area contributed by atoms with Crippen LogP contribution in [0.25, 0.3) is 0 Å². The second-order valence-corrected chi connectivity index (χ2v) is 8.96. The summed E-state index contributed by atoms with van der Waals surface area (Å²) in [6.07, 6.45) is 0.0378. The first-order chi connectivity index (χ1) is 14.9. The molecule has 0 fully saturated rings. The molecular weight excluding hydrogens is 412 g/mol. The third-order valence-electron chi connectivity index (χ3n) is 4.84. The van der Waals surface area contributed by atoms with Gasteiger partial charge in [-0.2, -0.15) is 0 Å². The van der Waals surface area contributed by atoms with Gasteiger partial charge in [-0.1, -0.05) is 48.0 Å². The fourth-order valence-corrected chi connectivity index (χ4v) is 4.52. The SMILES string of the molecule is COc1ccc(CNC(=O)CCN(c2ccccc2)S(=O)(=O)c2ccc(C)cc2)cc1. The van der Waals surface area contributed by atoms with E-state index >= 15 is 0 Å². The summed E-state index contributed by atoms with van der Waals surface area (Å²) >= 11 is 0. The molecule has 162 valence electrons.